The first kappa shape index (κ1) is 26.5. The van der Waals surface area contributed by atoms with Crippen molar-refractivity contribution in [2.45, 2.75) is 44.9 Å². The summed E-state index contributed by atoms with van der Waals surface area (Å²) >= 11 is 0. The van der Waals surface area contributed by atoms with Gasteiger partial charge in [-0.05, 0) is 51.0 Å². The minimum absolute atomic E-state index is 0.250. The first-order valence-electron chi connectivity index (χ1n) is 12.3. The van der Waals surface area contributed by atoms with Crippen molar-refractivity contribution in [3.05, 3.63) is 54.2 Å². The Bertz CT molecular complexity index is 1370. The van der Waals surface area contributed by atoms with Crippen LogP contribution in [0.4, 0.5) is 0 Å². The van der Waals surface area contributed by atoms with Crippen LogP contribution in [0.1, 0.15) is 38.8 Å². The van der Waals surface area contributed by atoms with E-state index in [1.165, 1.54) is 5.56 Å². The maximum Gasteiger partial charge on any atom is 0.290 e. The van der Waals surface area contributed by atoms with Crippen LogP contribution in [0.15, 0.2) is 48.7 Å². The number of methoxy groups -OCH3 is 1. The summed E-state index contributed by atoms with van der Waals surface area (Å²) in [6.07, 6.45) is 3.16. The quantitative estimate of drug-likeness (QED) is 0.362. The van der Waals surface area contributed by atoms with E-state index in [0.29, 0.717) is 12.4 Å². The number of likely N-dealkylation sites (tertiary alicyclic amines) is 1. The van der Waals surface area contributed by atoms with Gasteiger partial charge in [0.05, 0.1) is 6.61 Å². The van der Waals surface area contributed by atoms with E-state index in [1.807, 2.05) is 54.6 Å². The fraction of sp³-hybridized carbons (Fsp3) is 0.407. The average Bonchev–Trinajstić information content (AvgIpc) is 3.49. The van der Waals surface area contributed by atoms with E-state index in [2.05, 4.69) is 34.3 Å². The van der Waals surface area contributed by atoms with Crippen LogP contribution in [0.25, 0.3) is 28.1 Å². The molecule has 4 aromatic rings. The second-order valence-electron chi connectivity index (χ2n) is 9.86. The Hall–Kier alpha value is -3.60. The molecule has 2 atom stereocenters. The molecule has 4 heterocycles. The molecule has 0 bridgehead atoms. The van der Waals surface area contributed by atoms with Crippen molar-refractivity contribution in [2.24, 2.45) is 5.73 Å². The summed E-state index contributed by atoms with van der Waals surface area (Å²) in [6.45, 7) is 8.39. The summed E-state index contributed by atoms with van der Waals surface area (Å²) in [5, 5.41) is 16.7. The zero-order valence-electron chi connectivity index (χ0n) is 21.7. The van der Waals surface area contributed by atoms with Crippen molar-refractivity contribution >= 4 is 23.0 Å². The van der Waals surface area contributed by atoms with Gasteiger partial charge in [-0.2, -0.15) is 0 Å². The van der Waals surface area contributed by atoms with Crippen molar-refractivity contribution < 1.29 is 19.4 Å². The minimum atomic E-state index is -0.481. The van der Waals surface area contributed by atoms with E-state index >= 15 is 0 Å². The molecule has 37 heavy (non-hydrogen) atoms. The number of hydrogen-bond donors (Lipinski definition) is 2. The van der Waals surface area contributed by atoms with Gasteiger partial charge in [0, 0.05) is 43.9 Å². The van der Waals surface area contributed by atoms with Gasteiger partial charge in [-0.15, -0.1) is 10.2 Å². The maximum atomic E-state index is 8.36. The summed E-state index contributed by atoms with van der Waals surface area (Å²) in [6, 6.07) is 14.6. The molecule has 10 heteroatoms. The van der Waals surface area contributed by atoms with Gasteiger partial charge >= 0.3 is 0 Å². The highest BCUT2D eigenvalue weighted by Gasteiger charge is 2.25. The van der Waals surface area contributed by atoms with Gasteiger partial charge in [0.15, 0.2) is 11.5 Å². The number of carboxylic acid groups (broad SMARTS) is 1. The molecule has 196 valence electrons. The molecular weight excluding hydrogens is 472 g/mol. The van der Waals surface area contributed by atoms with Crippen LogP contribution in [0, 0.1) is 0 Å². The SMILES string of the molecule is COCC(C)(C)Oc1cccc2ccc(-c3nnc4ccc([C@H](C)N5CC[C@H](N)C5)cn34)nc12.O=CO. The van der Waals surface area contributed by atoms with Gasteiger partial charge in [0.2, 0.25) is 0 Å². The summed E-state index contributed by atoms with van der Waals surface area (Å²) in [7, 11) is 1.67. The minimum Gasteiger partial charge on any atom is -0.483 e. The lowest BCUT2D eigenvalue weighted by Gasteiger charge is -2.26. The van der Waals surface area contributed by atoms with E-state index < -0.39 is 5.60 Å². The molecule has 0 radical (unpaired) electrons. The van der Waals surface area contributed by atoms with Crippen molar-refractivity contribution in [1.29, 1.82) is 0 Å². The molecule has 1 aliphatic rings. The molecular formula is C27H34N6O4. The molecule has 0 aliphatic carbocycles. The predicted octanol–water partition coefficient (Wildman–Crippen LogP) is 3.54. The van der Waals surface area contributed by atoms with Crippen molar-refractivity contribution in [3.63, 3.8) is 0 Å². The molecule has 1 saturated heterocycles. The lowest BCUT2D eigenvalue weighted by Crippen LogP contribution is -2.33. The fourth-order valence-corrected chi connectivity index (χ4v) is 4.71. The summed E-state index contributed by atoms with van der Waals surface area (Å²) in [4.78, 5) is 15.7. The predicted molar refractivity (Wildman–Crippen MR) is 142 cm³/mol. The number of rotatable bonds is 7. The number of para-hydroxylation sites is 1. The Kier molecular flexibility index (Phi) is 8.01. The van der Waals surface area contributed by atoms with Crippen LogP contribution >= 0.6 is 0 Å². The third kappa shape index (κ3) is 5.87. The van der Waals surface area contributed by atoms with E-state index in [0.717, 1.165) is 47.5 Å². The number of aromatic nitrogens is 4. The highest BCUT2D eigenvalue weighted by Crippen LogP contribution is 2.30. The summed E-state index contributed by atoms with van der Waals surface area (Å²) in [5.74, 6) is 1.42. The molecule has 10 nitrogen and oxygen atoms in total. The molecule has 3 N–H and O–H groups in total. The van der Waals surface area contributed by atoms with Gasteiger partial charge in [-0.1, -0.05) is 24.3 Å². The number of benzene rings is 1. The second-order valence-corrected chi connectivity index (χ2v) is 9.86. The van der Waals surface area contributed by atoms with Gasteiger partial charge in [0.25, 0.3) is 6.47 Å². The number of ether oxygens (including phenoxy) is 2. The Morgan fingerprint density at radius 3 is 2.70 bits per heavy atom. The Labute approximate surface area is 216 Å². The topological polar surface area (TPSA) is 128 Å². The van der Waals surface area contributed by atoms with Gasteiger partial charge in [0.1, 0.15) is 22.6 Å². The number of pyridine rings is 2. The van der Waals surface area contributed by atoms with Gasteiger partial charge < -0.3 is 20.3 Å². The van der Waals surface area contributed by atoms with Crippen molar-refractivity contribution in [1.82, 2.24) is 24.5 Å². The molecule has 0 saturated carbocycles. The zero-order chi connectivity index (χ0) is 26.6. The van der Waals surface area contributed by atoms with Crippen LogP contribution in [-0.2, 0) is 9.53 Å². The number of carbonyl (C=O) groups is 1. The fourth-order valence-electron chi connectivity index (χ4n) is 4.71. The third-order valence-electron chi connectivity index (χ3n) is 6.50. The van der Waals surface area contributed by atoms with E-state index in [4.69, 9.17) is 30.1 Å². The largest absolute Gasteiger partial charge is 0.483 e. The number of fused-ring (bicyclic) bond motifs is 2. The van der Waals surface area contributed by atoms with Crippen molar-refractivity contribution in [2.75, 3.05) is 26.8 Å². The monoisotopic (exact) mass is 506 g/mol. The van der Waals surface area contributed by atoms with Gasteiger partial charge in [-0.3, -0.25) is 14.1 Å². The number of nitrogens with two attached hydrogens (primary N) is 1. The van der Waals surface area contributed by atoms with Crippen LogP contribution in [0.2, 0.25) is 0 Å². The average molecular weight is 507 g/mol. The molecule has 5 rings (SSSR count). The standard InChI is InChI=1S/C26H32N6O2.CH2O2/c1-17(31-13-12-20(27)15-31)19-9-11-23-29-30-25(32(23)14-19)21-10-8-18-6-5-7-22(24(18)28-21)34-26(2,3)16-33-4;2-1-3/h5-11,14,17,20H,12-13,15-16,27H2,1-4H3;1H,(H,2,3)/t17-,20-;/m0./s1. The van der Waals surface area contributed by atoms with Crippen molar-refractivity contribution in [3.8, 4) is 17.3 Å². The number of nitrogens with zero attached hydrogens (tertiary/aromatic N) is 5. The summed E-state index contributed by atoms with van der Waals surface area (Å²) < 4.78 is 13.6. The lowest BCUT2D eigenvalue weighted by molar-refractivity contribution is -0.122. The Morgan fingerprint density at radius 1 is 1.22 bits per heavy atom. The molecule has 0 amide bonds. The second kappa shape index (κ2) is 11.2. The zero-order valence-corrected chi connectivity index (χ0v) is 21.7. The maximum absolute atomic E-state index is 8.36. The van der Waals surface area contributed by atoms with Crippen LogP contribution in [-0.4, -0.2) is 74.5 Å². The van der Waals surface area contributed by atoms with Gasteiger partial charge in [-0.25, -0.2) is 4.98 Å². The third-order valence-corrected chi connectivity index (χ3v) is 6.50. The molecule has 1 fully saturated rings. The highest BCUT2D eigenvalue weighted by molar-refractivity contribution is 5.86. The summed E-state index contributed by atoms with van der Waals surface area (Å²) in [5.41, 5.74) is 9.18. The normalized spacial score (nSPS) is 16.9. The molecule has 1 aromatic carbocycles. The van der Waals surface area contributed by atoms with E-state index in [-0.39, 0.29) is 18.6 Å². The van der Waals surface area contributed by atoms with E-state index in [1.54, 1.807) is 7.11 Å². The number of hydrogen-bond acceptors (Lipinski definition) is 8. The molecule has 3 aromatic heterocycles. The molecule has 1 aliphatic heterocycles. The van der Waals surface area contributed by atoms with Crippen LogP contribution in [0.3, 0.4) is 0 Å². The Balaban J connectivity index is 0.00000102. The molecule has 0 spiro atoms. The van der Waals surface area contributed by atoms with E-state index in [9.17, 15) is 0 Å². The molecule has 0 unspecified atom stereocenters. The lowest BCUT2D eigenvalue weighted by atomic mass is 10.1. The smallest absolute Gasteiger partial charge is 0.290 e. The van der Waals surface area contributed by atoms with Crippen LogP contribution < -0.4 is 10.5 Å². The Morgan fingerprint density at radius 2 is 2.00 bits per heavy atom. The first-order valence-corrected chi connectivity index (χ1v) is 12.3. The first-order chi connectivity index (χ1) is 17.8. The van der Waals surface area contributed by atoms with Crippen LogP contribution in [0.5, 0.6) is 5.75 Å². The highest BCUT2D eigenvalue weighted by atomic mass is 16.5.